The van der Waals surface area contributed by atoms with E-state index < -0.39 is 0 Å². The second-order valence-electron chi connectivity index (χ2n) is 5.40. The van der Waals surface area contributed by atoms with E-state index in [2.05, 4.69) is 25.7 Å². The average molecular weight is 305 g/mol. The van der Waals surface area contributed by atoms with Gasteiger partial charge in [0.15, 0.2) is 0 Å². The Hall–Kier alpha value is -1.50. The molecule has 1 heterocycles. The summed E-state index contributed by atoms with van der Waals surface area (Å²) < 4.78 is 0. The van der Waals surface area contributed by atoms with Crippen LogP contribution in [0.4, 0.5) is 0 Å². The molecule has 1 amide bonds. The van der Waals surface area contributed by atoms with Gasteiger partial charge in [0.1, 0.15) is 0 Å². The van der Waals surface area contributed by atoms with Crippen LogP contribution < -0.4 is 5.73 Å². The lowest BCUT2D eigenvalue weighted by atomic mass is 10.1. The number of amides is 1. The fourth-order valence-corrected chi connectivity index (χ4v) is 3.11. The highest BCUT2D eigenvalue weighted by molar-refractivity contribution is 6.32. The normalized spacial score (nSPS) is 21.0. The van der Waals surface area contributed by atoms with Crippen LogP contribution in [0.25, 0.3) is 0 Å². The Kier molecular flexibility index (Phi) is 5.27. The molecule has 4 heteroatoms. The minimum absolute atomic E-state index is 0.0621. The lowest BCUT2D eigenvalue weighted by Crippen LogP contribution is -2.39. The number of rotatable bonds is 2. The predicted molar refractivity (Wildman–Crippen MR) is 86.3 cm³/mol. The summed E-state index contributed by atoms with van der Waals surface area (Å²) in [6.07, 6.45) is 3.14. The van der Waals surface area contributed by atoms with Crippen LogP contribution >= 0.6 is 11.6 Å². The Balaban J connectivity index is 2.25. The number of hydrogen-bond donors (Lipinski definition) is 1. The molecule has 1 fully saturated rings. The molecule has 0 saturated carbocycles. The number of nitrogens with two attached hydrogens (primary N) is 1. The molecule has 1 saturated heterocycles. The Morgan fingerprint density at radius 3 is 2.86 bits per heavy atom. The molecule has 0 spiro atoms. The first kappa shape index (κ1) is 15.9. The smallest absolute Gasteiger partial charge is 0.254 e. The lowest BCUT2D eigenvalue weighted by Gasteiger charge is -2.28. The third kappa shape index (κ3) is 3.40. The number of likely N-dealkylation sites (tertiary alicyclic amines) is 1. The largest absolute Gasteiger partial charge is 0.333 e. The minimum Gasteiger partial charge on any atom is -0.333 e. The zero-order valence-electron chi connectivity index (χ0n) is 12.5. The molecule has 1 aliphatic rings. The maximum atomic E-state index is 12.7. The van der Waals surface area contributed by atoms with Crippen LogP contribution in [0.3, 0.4) is 0 Å². The topological polar surface area (TPSA) is 46.3 Å². The predicted octanol–water partition coefficient (Wildman–Crippen LogP) is 3.05. The van der Waals surface area contributed by atoms with E-state index in [0.717, 1.165) is 19.3 Å². The first-order valence-corrected chi connectivity index (χ1v) is 7.77. The van der Waals surface area contributed by atoms with Gasteiger partial charge in [-0.1, -0.05) is 30.4 Å². The van der Waals surface area contributed by atoms with Gasteiger partial charge >= 0.3 is 0 Å². The summed E-state index contributed by atoms with van der Waals surface area (Å²) in [7, 11) is 0. The highest BCUT2D eigenvalue weighted by Crippen LogP contribution is 2.28. The Labute approximate surface area is 131 Å². The second-order valence-corrected chi connectivity index (χ2v) is 5.81. The van der Waals surface area contributed by atoms with Crippen LogP contribution in [0.15, 0.2) is 18.2 Å². The van der Waals surface area contributed by atoms with E-state index in [1.165, 1.54) is 0 Å². The van der Waals surface area contributed by atoms with Gasteiger partial charge in [0, 0.05) is 23.2 Å². The second kappa shape index (κ2) is 6.98. The molecule has 1 aromatic rings. The number of benzene rings is 1. The van der Waals surface area contributed by atoms with Crippen molar-refractivity contribution in [3.63, 3.8) is 0 Å². The molecule has 0 radical (unpaired) electrons. The van der Waals surface area contributed by atoms with Gasteiger partial charge in [-0.25, -0.2) is 0 Å². The van der Waals surface area contributed by atoms with Crippen molar-refractivity contribution in [2.75, 3.05) is 6.54 Å². The molecule has 1 aliphatic heterocycles. The van der Waals surface area contributed by atoms with Crippen LogP contribution in [0.2, 0.25) is 5.02 Å². The van der Waals surface area contributed by atoms with Crippen molar-refractivity contribution < 1.29 is 4.79 Å². The van der Waals surface area contributed by atoms with Gasteiger partial charge in [0.05, 0.1) is 11.6 Å². The van der Waals surface area contributed by atoms with E-state index in [-0.39, 0.29) is 11.9 Å². The molecule has 3 nitrogen and oxygen atoms in total. The highest BCUT2D eigenvalue weighted by Gasteiger charge is 2.33. The SMILES string of the molecule is CCC1CCC(C)N1C(=O)c1ccc(C#CCN)c(Cl)c1. The zero-order chi connectivity index (χ0) is 15.4. The summed E-state index contributed by atoms with van der Waals surface area (Å²) in [5.74, 6) is 5.74. The maximum Gasteiger partial charge on any atom is 0.254 e. The maximum absolute atomic E-state index is 12.7. The van der Waals surface area contributed by atoms with Gasteiger partial charge in [0.2, 0.25) is 0 Å². The van der Waals surface area contributed by atoms with Gasteiger partial charge in [0.25, 0.3) is 5.91 Å². The van der Waals surface area contributed by atoms with Crippen LogP contribution in [-0.2, 0) is 0 Å². The van der Waals surface area contributed by atoms with Gasteiger partial charge in [-0.2, -0.15) is 0 Å². The van der Waals surface area contributed by atoms with Crippen molar-refractivity contribution in [1.82, 2.24) is 4.90 Å². The lowest BCUT2D eigenvalue weighted by molar-refractivity contribution is 0.0676. The molecule has 21 heavy (non-hydrogen) atoms. The van der Waals surface area contributed by atoms with Crippen LogP contribution in [0.1, 0.15) is 49.0 Å². The van der Waals surface area contributed by atoms with Gasteiger partial charge < -0.3 is 10.6 Å². The van der Waals surface area contributed by atoms with Crippen LogP contribution in [0, 0.1) is 11.8 Å². The van der Waals surface area contributed by atoms with Crippen LogP contribution in [0.5, 0.6) is 0 Å². The monoisotopic (exact) mass is 304 g/mol. The van der Waals surface area contributed by atoms with Crippen molar-refractivity contribution in [2.24, 2.45) is 5.73 Å². The van der Waals surface area contributed by atoms with E-state index in [4.69, 9.17) is 17.3 Å². The fraction of sp³-hybridized carbons (Fsp3) is 0.471. The summed E-state index contributed by atoms with van der Waals surface area (Å²) >= 11 is 6.21. The standard InChI is InChI=1S/C17H21ClN2O/c1-3-15-9-6-12(2)20(15)17(21)14-8-7-13(5-4-10-19)16(18)11-14/h7-8,11-12,15H,3,6,9-10,19H2,1-2H3. The van der Waals surface area contributed by atoms with Gasteiger partial charge in [-0.3, -0.25) is 4.79 Å². The molecule has 0 aromatic heterocycles. The molecule has 112 valence electrons. The van der Waals surface area contributed by atoms with Crippen molar-refractivity contribution in [1.29, 1.82) is 0 Å². The minimum atomic E-state index is 0.0621. The highest BCUT2D eigenvalue weighted by atomic mass is 35.5. The summed E-state index contributed by atoms with van der Waals surface area (Å²) in [4.78, 5) is 14.7. The Bertz CT molecular complexity index is 588. The number of carbonyl (C=O) groups is 1. The Morgan fingerprint density at radius 1 is 1.48 bits per heavy atom. The first-order valence-electron chi connectivity index (χ1n) is 7.39. The first-order chi connectivity index (χ1) is 10.1. The number of halogens is 1. The Morgan fingerprint density at radius 2 is 2.24 bits per heavy atom. The number of carbonyl (C=O) groups excluding carboxylic acids is 1. The van der Waals surface area contributed by atoms with Crippen LogP contribution in [-0.4, -0.2) is 29.4 Å². The zero-order valence-corrected chi connectivity index (χ0v) is 13.3. The quantitative estimate of drug-likeness (QED) is 0.854. The molecular weight excluding hydrogens is 284 g/mol. The van der Waals surface area contributed by atoms with Crippen molar-refractivity contribution in [3.8, 4) is 11.8 Å². The molecule has 2 N–H and O–H groups in total. The summed E-state index contributed by atoms with van der Waals surface area (Å²) in [5.41, 5.74) is 6.69. The number of hydrogen-bond acceptors (Lipinski definition) is 2. The van der Waals surface area contributed by atoms with Gasteiger partial charge in [-0.05, 0) is 44.4 Å². The summed E-state index contributed by atoms with van der Waals surface area (Å²) in [6.45, 7) is 4.53. The van der Waals surface area contributed by atoms with Crippen molar-refractivity contribution >= 4 is 17.5 Å². The number of nitrogens with zero attached hydrogens (tertiary/aromatic N) is 1. The fourth-order valence-electron chi connectivity index (χ4n) is 2.88. The van der Waals surface area contributed by atoms with E-state index in [1.807, 2.05) is 4.90 Å². The van der Waals surface area contributed by atoms with E-state index >= 15 is 0 Å². The third-order valence-corrected chi connectivity index (χ3v) is 4.35. The van der Waals surface area contributed by atoms with Crippen molar-refractivity contribution in [2.45, 2.75) is 45.2 Å². The molecule has 2 atom stereocenters. The average Bonchev–Trinajstić information content (AvgIpc) is 2.86. The summed E-state index contributed by atoms with van der Waals surface area (Å²) in [6, 6.07) is 5.93. The van der Waals surface area contributed by atoms with Crippen molar-refractivity contribution in [3.05, 3.63) is 34.3 Å². The molecule has 2 unspecified atom stereocenters. The third-order valence-electron chi connectivity index (χ3n) is 4.03. The van der Waals surface area contributed by atoms with Gasteiger partial charge in [-0.15, -0.1) is 0 Å². The van der Waals surface area contributed by atoms with E-state index in [9.17, 15) is 4.79 Å². The molecule has 0 bridgehead atoms. The molecule has 0 aliphatic carbocycles. The van der Waals surface area contributed by atoms with E-state index in [1.54, 1.807) is 18.2 Å². The molecular formula is C17H21ClN2O. The molecule has 2 rings (SSSR count). The van der Waals surface area contributed by atoms with E-state index in [0.29, 0.717) is 28.7 Å². The molecule has 1 aromatic carbocycles. The summed E-state index contributed by atoms with van der Waals surface area (Å²) in [5, 5.41) is 0.502.